The summed E-state index contributed by atoms with van der Waals surface area (Å²) in [6.45, 7) is 2.29. The van der Waals surface area contributed by atoms with Gasteiger partial charge in [0, 0.05) is 28.8 Å². The number of ether oxygens (including phenoxy) is 1. The van der Waals surface area contributed by atoms with E-state index in [1.165, 1.54) is 18.3 Å². The van der Waals surface area contributed by atoms with Gasteiger partial charge in [0.15, 0.2) is 12.8 Å². The second-order valence-corrected chi connectivity index (χ2v) is 7.20. The molecule has 3 rings (SSSR count). The van der Waals surface area contributed by atoms with Crippen molar-refractivity contribution in [3.05, 3.63) is 59.6 Å². The van der Waals surface area contributed by atoms with Crippen molar-refractivity contribution < 1.29 is 19.1 Å². The summed E-state index contributed by atoms with van der Waals surface area (Å²) in [4.78, 5) is 27.3. The zero-order valence-corrected chi connectivity index (χ0v) is 14.6. The Morgan fingerprint density at radius 2 is 2.04 bits per heavy atom. The Morgan fingerprint density at radius 3 is 2.84 bits per heavy atom. The summed E-state index contributed by atoms with van der Waals surface area (Å²) in [5, 5.41) is 12.0. The lowest BCUT2D eigenvalue weighted by atomic mass is 10.2. The molecule has 1 aliphatic heterocycles. The van der Waals surface area contributed by atoms with E-state index in [1.54, 1.807) is 22.7 Å². The van der Waals surface area contributed by atoms with Gasteiger partial charge in [-0.25, -0.2) is 4.79 Å². The van der Waals surface area contributed by atoms with Gasteiger partial charge in [0.2, 0.25) is 0 Å². The summed E-state index contributed by atoms with van der Waals surface area (Å²) in [7, 11) is 0. The zero-order valence-electron chi connectivity index (χ0n) is 13.8. The van der Waals surface area contributed by atoms with Crippen LogP contribution in [-0.4, -0.2) is 30.3 Å². The highest BCUT2D eigenvalue weighted by molar-refractivity contribution is 8.00. The highest BCUT2D eigenvalue weighted by Gasteiger charge is 2.26. The molecule has 0 aliphatic carbocycles. The van der Waals surface area contributed by atoms with Crippen LogP contribution in [0.4, 0.5) is 5.69 Å². The van der Waals surface area contributed by atoms with Crippen molar-refractivity contribution in [1.29, 1.82) is 0 Å². The first-order valence-electron chi connectivity index (χ1n) is 7.97. The number of hydrogen-bond donors (Lipinski definition) is 0. The Balaban J connectivity index is 1.71. The number of hydrogen-bond acceptors (Lipinski definition) is 5. The average Bonchev–Trinajstić information content (AvgIpc) is 2.78. The van der Waals surface area contributed by atoms with Crippen LogP contribution < -0.4 is 9.63 Å². The van der Waals surface area contributed by atoms with E-state index >= 15 is 0 Å². The topological polar surface area (TPSA) is 73.5 Å². The number of carbonyl (C=O) groups excluding carboxylic acids is 2. The number of aromatic nitrogens is 1. The molecule has 0 spiro atoms. The first-order chi connectivity index (χ1) is 12.1. The van der Waals surface area contributed by atoms with Crippen LogP contribution in [0.3, 0.4) is 0 Å². The molecule has 0 bridgehead atoms. The molecule has 0 fully saturated rings. The van der Waals surface area contributed by atoms with Crippen LogP contribution in [0.5, 0.6) is 0 Å². The number of pyridine rings is 1. The maximum Gasteiger partial charge on any atom is 0.405 e. The Kier molecular flexibility index (Phi) is 5.23. The smallest absolute Gasteiger partial charge is 0.405 e. The van der Waals surface area contributed by atoms with E-state index in [-0.39, 0.29) is 11.6 Å². The van der Waals surface area contributed by atoms with Crippen molar-refractivity contribution in [1.82, 2.24) is 0 Å². The van der Waals surface area contributed by atoms with Crippen LogP contribution in [0.2, 0.25) is 0 Å². The van der Waals surface area contributed by atoms with Crippen LogP contribution in [0.25, 0.3) is 0 Å². The number of amides is 1. The molecule has 0 saturated heterocycles. The van der Waals surface area contributed by atoms with E-state index in [9.17, 15) is 14.8 Å². The summed E-state index contributed by atoms with van der Waals surface area (Å²) in [6, 6.07) is 12.1. The average molecular weight is 358 g/mol. The third-order valence-corrected chi connectivity index (χ3v) is 5.14. The fourth-order valence-corrected chi connectivity index (χ4v) is 3.72. The molecule has 6 nitrogen and oxygen atoms in total. The van der Waals surface area contributed by atoms with Gasteiger partial charge in [-0.1, -0.05) is 19.1 Å². The lowest BCUT2D eigenvalue weighted by Crippen LogP contribution is -2.38. The molecule has 25 heavy (non-hydrogen) atoms. The van der Waals surface area contributed by atoms with Crippen molar-refractivity contribution in [2.75, 3.05) is 18.1 Å². The molecule has 0 unspecified atom stereocenters. The SMILES string of the molecule is C[C@@H]1CCN(C(=O)COC(=O)c2cccc[n+]2[O-])c2ccccc2S1. The number of benzene rings is 1. The quantitative estimate of drug-likeness (QED) is 0.478. The predicted octanol–water partition coefficient (Wildman–Crippen LogP) is 2.39. The molecule has 1 amide bonds. The number of rotatable bonds is 3. The van der Waals surface area contributed by atoms with Crippen molar-refractivity contribution in [3.63, 3.8) is 0 Å². The number of anilines is 1. The Morgan fingerprint density at radius 1 is 1.28 bits per heavy atom. The summed E-state index contributed by atoms with van der Waals surface area (Å²) in [6.07, 6.45) is 2.06. The Hall–Kier alpha value is -2.54. The van der Waals surface area contributed by atoms with Gasteiger partial charge in [-0.05, 0) is 24.6 Å². The van der Waals surface area contributed by atoms with Crippen LogP contribution in [0.15, 0.2) is 53.6 Å². The van der Waals surface area contributed by atoms with E-state index in [0.717, 1.165) is 17.0 Å². The number of fused-ring (bicyclic) bond motifs is 1. The zero-order chi connectivity index (χ0) is 17.8. The van der Waals surface area contributed by atoms with E-state index in [2.05, 4.69) is 6.92 Å². The first-order valence-corrected chi connectivity index (χ1v) is 8.85. The monoisotopic (exact) mass is 358 g/mol. The van der Waals surface area contributed by atoms with Gasteiger partial charge in [0.25, 0.3) is 5.91 Å². The van der Waals surface area contributed by atoms with Gasteiger partial charge in [-0.15, -0.1) is 11.8 Å². The van der Waals surface area contributed by atoms with E-state index in [4.69, 9.17) is 4.74 Å². The lowest BCUT2D eigenvalue weighted by molar-refractivity contribution is -0.608. The van der Waals surface area contributed by atoms with E-state index < -0.39 is 12.6 Å². The fraction of sp³-hybridized carbons (Fsp3) is 0.278. The van der Waals surface area contributed by atoms with Crippen molar-refractivity contribution in [3.8, 4) is 0 Å². The number of esters is 1. The van der Waals surface area contributed by atoms with Crippen LogP contribution >= 0.6 is 11.8 Å². The number of nitrogens with zero attached hydrogens (tertiary/aromatic N) is 2. The summed E-state index contributed by atoms with van der Waals surface area (Å²) in [5.41, 5.74) is 0.687. The van der Waals surface area contributed by atoms with Gasteiger partial charge in [0.1, 0.15) is 0 Å². The molecule has 1 aromatic carbocycles. The van der Waals surface area contributed by atoms with Crippen LogP contribution in [-0.2, 0) is 9.53 Å². The predicted molar refractivity (Wildman–Crippen MR) is 94.4 cm³/mol. The number of thioether (sulfide) groups is 1. The molecule has 2 aromatic rings. The van der Waals surface area contributed by atoms with Gasteiger partial charge >= 0.3 is 11.7 Å². The molecular weight excluding hydrogens is 340 g/mol. The summed E-state index contributed by atoms with van der Waals surface area (Å²) >= 11 is 1.73. The Bertz CT molecular complexity index is 796. The highest BCUT2D eigenvalue weighted by Crippen LogP contribution is 2.37. The van der Waals surface area contributed by atoms with Gasteiger partial charge in [-0.3, -0.25) is 4.79 Å². The number of para-hydroxylation sites is 1. The largest absolute Gasteiger partial charge is 0.618 e. The van der Waals surface area contributed by atoms with Crippen molar-refractivity contribution in [2.24, 2.45) is 0 Å². The second-order valence-electron chi connectivity index (χ2n) is 5.72. The number of carbonyl (C=O) groups is 2. The summed E-state index contributed by atoms with van der Waals surface area (Å²) in [5.74, 6) is -1.11. The maximum atomic E-state index is 12.6. The molecule has 0 saturated carbocycles. The summed E-state index contributed by atoms with van der Waals surface area (Å²) < 4.78 is 5.47. The fourth-order valence-electron chi connectivity index (χ4n) is 2.61. The molecule has 2 heterocycles. The molecule has 0 radical (unpaired) electrons. The normalized spacial score (nSPS) is 16.7. The lowest BCUT2D eigenvalue weighted by Gasteiger charge is -2.22. The maximum absolute atomic E-state index is 12.6. The minimum absolute atomic E-state index is 0.143. The second kappa shape index (κ2) is 7.57. The highest BCUT2D eigenvalue weighted by atomic mass is 32.2. The molecular formula is C18H18N2O4S. The van der Waals surface area contributed by atoms with Crippen molar-refractivity contribution >= 4 is 29.3 Å². The third-order valence-electron chi connectivity index (χ3n) is 3.90. The molecule has 130 valence electrons. The van der Waals surface area contributed by atoms with Crippen molar-refractivity contribution in [2.45, 2.75) is 23.5 Å². The van der Waals surface area contributed by atoms with Gasteiger partial charge in [-0.2, -0.15) is 4.73 Å². The molecule has 0 N–H and O–H groups in total. The first kappa shape index (κ1) is 17.3. The molecule has 1 aliphatic rings. The van der Waals surface area contributed by atoms with Crippen LogP contribution in [0.1, 0.15) is 23.8 Å². The van der Waals surface area contributed by atoms with Crippen LogP contribution in [0, 0.1) is 5.21 Å². The molecule has 7 heteroatoms. The minimum atomic E-state index is -0.810. The minimum Gasteiger partial charge on any atom is -0.618 e. The molecule has 1 atom stereocenters. The third kappa shape index (κ3) is 3.93. The van der Waals surface area contributed by atoms with Gasteiger partial charge in [0.05, 0.1) is 5.69 Å². The van der Waals surface area contributed by atoms with Gasteiger partial charge < -0.3 is 14.8 Å². The Labute approximate surface area is 150 Å². The molecule has 1 aromatic heterocycles. The standard InChI is InChI=1S/C18H18N2O4S/c1-13-9-11-19(14-6-2-3-8-16(14)25-13)17(21)12-24-18(22)15-7-4-5-10-20(15)23/h2-8,10,13H,9,11-12H2,1H3/t13-/m1/s1. The van der Waals surface area contributed by atoms with E-state index in [1.807, 2.05) is 24.3 Å². The van der Waals surface area contributed by atoms with E-state index in [0.29, 0.717) is 16.5 Å².